The van der Waals surface area contributed by atoms with E-state index in [-0.39, 0.29) is 0 Å². The van der Waals surface area contributed by atoms with Crippen molar-refractivity contribution in [3.8, 4) is 0 Å². The van der Waals surface area contributed by atoms with Crippen molar-refractivity contribution in [1.82, 2.24) is 0 Å². The molecule has 0 aromatic heterocycles. The van der Waals surface area contributed by atoms with E-state index in [9.17, 15) is 0 Å². The van der Waals surface area contributed by atoms with Gasteiger partial charge in [0.2, 0.25) is 0 Å². The van der Waals surface area contributed by atoms with E-state index in [0.29, 0.717) is 0 Å². The van der Waals surface area contributed by atoms with Crippen molar-refractivity contribution >= 4 is 65.8 Å². The summed E-state index contributed by atoms with van der Waals surface area (Å²) in [6.45, 7) is 0. The number of hydrogen-bond donors (Lipinski definition) is 1. The van der Waals surface area contributed by atoms with Gasteiger partial charge in [-0.2, -0.15) is 0 Å². The molecule has 0 bridgehead atoms. The Labute approximate surface area is 209 Å². The van der Waals surface area contributed by atoms with Crippen LogP contribution in [0.3, 0.4) is 0 Å². The molecule has 0 spiro atoms. The molecule has 2 heteroatoms. The lowest BCUT2D eigenvalue weighted by molar-refractivity contribution is 1.32. The second-order valence-corrected chi connectivity index (χ2v) is 9.33. The molecule has 7 aromatic rings. The Kier molecular flexibility index (Phi) is 4.65. The van der Waals surface area contributed by atoms with Crippen LogP contribution in [-0.2, 0) is 0 Å². The molecule has 0 aliphatic carbocycles. The molecule has 0 saturated heterocycles. The summed E-state index contributed by atoms with van der Waals surface area (Å²) in [5.41, 5.74) is 10.2. The number of hydrogen-bond acceptors (Lipinski definition) is 2. The highest BCUT2D eigenvalue weighted by Crippen LogP contribution is 2.44. The number of benzene rings is 7. The second kappa shape index (κ2) is 8.14. The average molecular weight is 461 g/mol. The molecule has 7 aromatic carbocycles. The zero-order chi connectivity index (χ0) is 24.1. The number of nitrogens with zero attached hydrogens (tertiary/aromatic N) is 1. The van der Waals surface area contributed by atoms with Crippen molar-refractivity contribution in [3.05, 3.63) is 133 Å². The lowest BCUT2D eigenvalue weighted by Crippen LogP contribution is -2.11. The summed E-state index contributed by atoms with van der Waals surface area (Å²) < 4.78 is 0. The van der Waals surface area contributed by atoms with Gasteiger partial charge in [-0.1, -0.05) is 78.9 Å². The minimum absolute atomic E-state index is 0.756. The predicted molar refractivity (Wildman–Crippen MR) is 156 cm³/mol. The molecule has 0 aliphatic heterocycles. The highest BCUT2D eigenvalue weighted by molar-refractivity contribution is 6.14. The first kappa shape index (κ1) is 20.5. The smallest absolute Gasteiger partial charge is 0.0618 e. The molecular formula is C34H24N2. The maximum atomic E-state index is 6.09. The van der Waals surface area contributed by atoms with Crippen LogP contribution in [0.25, 0.3) is 43.1 Å². The zero-order valence-corrected chi connectivity index (χ0v) is 19.7. The fourth-order valence-electron chi connectivity index (χ4n) is 5.33. The number of nitrogen functional groups attached to an aromatic ring is 1. The third-order valence-corrected chi connectivity index (χ3v) is 7.06. The molecule has 0 radical (unpaired) electrons. The van der Waals surface area contributed by atoms with Gasteiger partial charge in [0.1, 0.15) is 0 Å². The molecule has 36 heavy (non-hydrogen) atoms. The van der Waals surface area contributed by atoms with E-state index in [2.05, 4.69) is 126 Å². The van der Waals surface area contributed by atoms with Gasteiger partial charge in [-0.25, -0.2) is 0 Å². The van der Waals surface area contributed by atoms with Crippen LogP contribution in [0.2, 0.25) is 0 Å². The van der Waals surface area contributed by atoms with Crippen molar-refractivity contribution in [3.63, 3.8) is 0 Å². The summed E-state index contributed by atoms with van der Waals surface area (Å²) in [6, 6.07) is 47.6. The highest BCUT2D eigenvalue weighted by Gasteiger charge is 2.19. The average Bonchev–Trinajstić information content (AvgIpc) is 2.92. The molecule has 0 unspecified atom stereocenters. The van der Waals surface area contributed by atoms with E-state index in [0.717, 1.165) is 17.1 Å². The number of fused-ring (bicyclic) bond motifs is 4. The Hall–Kier alpha value is -4.82. The fraction of sp³-hybridized carbons (Fsp3) is 0. The Bertz CT molecular complexity index is 1850. The van der Waals surface area contributed by atoms with E-state index < -0.39 is 0 Å². The lowest BCUT2D eigenvalue weighted by atomic mass is 9.98. The van der Waals surface area contributed by atoms with Crippen molar-refractivity contribution in [2.75, 3.05) is 10.6 Å². The van der Waals surface area contributed by atoms with Crippen LogP contribution in [0.15, 0.2) is 133 Å². The molecule has 0 fully saturated rings. The molecule has 0 amide bonds. The number of anilines is 4. The van der Waals surface area contributed by atoms with Crippen LogP contribution in [0.4, 0.5) is 22.7 Å². The van der Waals surface area contributed by atoms with Gasteiger partial charge in [0.05, 0.1) is 5.69 Å². The quantitative estimate of drug-likeness (QED) is 0.210. The van der Waals surface area contributed by atoms with Crippen molar-refractivity contribution in [1.29, 1.82) is 0 Å². The number of nitrogens with two attached hydrogens (primary N) is 1. The molecule has 2 N–H and O–H groups in total. The standard InChI is InChI=1S/C34H24N2/c35-29-14-17-30(18-15-29)36(31-16-13-25-19-23-7-1-2-8-24(23)20-28(25)22-31)34-32-11-5-3-9-26(32)21-27-10-4-6-12-33(27)34/h1-22H,35H2. The topological polar surface area (TPSA) is 29.3 Å². The monoisotopic (exact) mass is 460 g/mol. The van der Waals surface area contributed by atoms with Gasteiger partial charge in [-0.05, 0) is 86.9 Å². The SMILES string of the molecule is Nc1ccc(N(c2ccc3cc4ccccc4cc3c2)c2c3ccccc3cc3ccccc23)cc1. The Morgan fingerprint density at radius 2 is 0.861 bits per heavy atom. The summed E-state index contributed by atoms with van der Waals surface area (Å²) in [4.78, 5) is 2.37. The second-order valence-electron chi connectivity index (χ2n) is 9.33. The summed E-state index contributed by atoms with van der Waals surface area (Å²) in [6.07, 6.45) is 0. The fourth-order valence-corrected chi connectivity index (χ4v) is 5.33. The van der Waals surface area contributed by atoms with Crippen molar-refractivity contribution < 1.29 is 0 Å². The van der Waals surface area contributed by atoms with Crippen LogP contribution in [0.1, 0.15) is 0 Å². The summed E-state index contributed by atoms with van der Waals surface area (Å²) >= 11 is 0. The molecule has 2 nitrogen and oxygen atoms in total. The largest absolute Gasteiger partial charge is 0.399 e. The van der Waals surface area contributed by atoms with Crippen LogP contribution in [-0.4, -0.2) is 0 Å². The van der Waals surface area contributed by atoms with E-state index >= 15 is 0 Å². The molecule has 0 aliphatic rings. The molecule has 0 heterocycles. The highest BCUT2D eigenvalue weighted by atomic mass is 15.1. The van der Waals surface area contributed by atoms with Gasteiger partial charge in [0, 0.05) is 27.8 Å². The van der Waals surface area contributed by atoms with Crippen LogP contribution < -0.4 is 10.6 Å². The minimum atomic E-state index is 0.756. The van der Waals surface area contributed by atoms with Gasteiger partial charge < -0.3 is 10.6 Å². The van der Waals surface area contributed by atoms with Crippen LogP contribution >= 0.6 is 0 Å². The van der Waals surface area contributed by atoms with E-state index in [1.807, 2.05) is 12.1 Å². The molecule has 170 valence electrons. The third-order valence-electron chi connectivity index (χ3n) is 7.06. The number of rotatable bonds is 3. The van der Waals surface area contributed by atoms with E-state index in [1.165, 1.54) is 48.8 Å². The predicted octanol–water partition coefficient (Wildman–Crippen LogP) is 9.35. The van der Waals surface area contributed by atoms with Gasteiger partial charge in [-0.3, -0.25) is 0 Å². The maximum absolute atomic E-state index is 6.09. The molecular weight excluding hydrogens is 436 g/mol. The van der Waals surface area contributed by atoms with Crippen molar-refractivity contribution in [2.24, 2.45) is 0 Å². The first-order valence-electron chi connectivity index (χ1n) is 12.2. The summed E-state index contributed by atoms with van der Waals surface area (Å²) in [5.74, 6) is 0. The zero-order valence-electron chi connectivity index (χ0n) is 19.7. The Balaban J connectivity index is 1.56. The Morgan fingerprint density at radius 3 is 1.50 bits per heavy atom. The van der Waals surface area contributed by atoms with Gasteiger partial charge in [-0.15, -0.1) is 0 Å². The van der Waals surface area contributed by atoms with Gasteiger partial charge in [0.15, 0.2) is 0 Å². The van der Waals surface area contributed by atoms with Gasteiger partial charge >= 0.3 is 0 Å². The maximum Gasteiger partial charge on any atom is 0.0618 e. The Morgan fingerprint density at radius 1 is 0.389 bits per heavy atom. The normalized spacial score (nSPS) is 11.4. The summed E-state index contributed by atoms with van der Waals surface area (Å²) in [5, 5.41) is 9.83. The first-order chi connectivity index (χ1) is 17.7. The molecule has 7 rings (SSSR count). The first-order valence-corrected chi connectivity index (χ1v) is 12.2. The van der Waals surface area contributed by atoms with Crippen molar-refractivity contribution in [2.45, 2.75) is 0 Å². The van der Waals surface area contributed by atoms with Gasteiger partial charge in [0.25, 0.3) is 0 Å². The van der Waals surface area contributed by atoms with E-state index in [4.69, 9.17) is 5.73 Å². The molecule has 0 atom stereocenters. The molecule has 0 saturated carbocycles. The lowest BCUT2D eigenvalue weighted by Gasteiger charge is -2.29. The minimum Gasteiger partial charge on any atom is -0.399 e. The summed E-state index contributed by atoms with van der Waals surface area (Å²) in [7, 11) is 0. The van der Waals surface area contributed by atoms with E-state index in [1.54, 1.807) is 0 Å². The third kappa shape index (κ3) is 3.35. The van der Waals surface area contributed by atoms with Crippen LogP contribution in [0, 0.1) is 0 Å². The van der Waals surface area contributed by atoms with Crippen LogP contribution in [0.5, 0.6) is 0 Å².